The molecule has 0 nitrogen and oxygen atoms in total. The van der Waals surface area contributed by atoms with Crippen LogP contribution in [0.3, 0.4) is 0 Å². The highest BCUT2D eigenvalue weighted by atomic mass is 35.5. The zero-order valence-corrected chi connectivity index (χ0v) is 10.4. The standard InChI is InChI=1S/C13H19Cl/c1-8(2)11-6-10(5)13(14)7-12(11)9(3)4/h6-9H,1-5H3. The average molecular weight is 211 g/mol. The van der Waals surface area contributed by atoms with Crippen LogP contribution < -0.4 is 0 Å². The molecule has 0 unspecified atom stereocenters. The van der Waals surface area contributed by atoms with E-state index < -0.39 is 0 Å². The van der Waals surface area contributed by atoms with Crippen molar-refractivity contribution in [2.24, 2.45) is 0 Å². The van der Waals surface area contributed by atoms with Crippen LogP contribution in [0.1, 0.15) is 56.2 Å². The molecule has 0 aromatic heterocycles. The van der Waals surface area contributed by atoms with Gasteiger partial charge >= 0.3 is 0 Å². The second-order valence-corrected chi connectivity index (χ2v) is 4.95. The molecule has 0 saturated carbocycles. The minimum atomic E-state index is 0.547. The normalized spacial score (nSPS) is 11.4. The van der Waals surface area contributed by atoms with Gasteiger partial charge in [-0.05, 0) is 41.5 Å². The summed E-state index contributed by atoms with van der Waals surface area (Å²) in [5.41, 5.74) is 4.00. The monoisotopic (exact) mass is 210 g/mol. The fraction of sp³-hybridized carbons (Fsp3) is 0.538. The molecule has 0 spiro atoms. The number of aryl methyl sites for hydroxylation is 1. The largest absolute Gasteiger partial charge is 0.0840 e. The molecule has 1 aromatic rings. The van der Waals surface area contributed by atoms with Gasteiger partial charge in [0.1, 0.15) is 0 Å². The van der Waals surface area contributed by atoms with Crippen LogP contribution in [-0.4, -0.2) is 0 Å². The lowest BCUT2D eigenvalue weighted by molar-refractivity contribution is 0.789. The van der Waals surface area contributed by atoms with Crippen molar-refractivity contribution < 1.29 is 0 Å². The predicted octanol–water partition coefficient (Wildman–Crippen LogP) is 4.90. The van der Waals surface area contributed by atoms with E-state index in [1.54, 1.807) is 0 Å². The molecule has 0 amide bonds. The summed E-state index contributed by atoms with van der Waals surface area (Å²) in [6.07, 6.45) is 0. The predicted molar refractivity (Wildman–Crippen MR) is 64.4 cm³/mol. The van der Waals surface area contributed by atoms with Crippen molar-refractivity contribution in [2.45, 2.75) is 46.5 Å². The number of halogens is 1. The Labute approximate surface area is 92.3 Å². The number of benzene rings is 1. The molecule has 0 atom stereocenters. The molecule has 14 heavy (non-hydrogen) atoms. The summed E-state index contributed by atoms with van der Waals surface area (Å²) in [5.74, 6) is 1.12. The maximum Gasteiger partial charge on any atom is 0.0438 e. The average Bonchev–Trinajstić information content (AvgIpc) is 2.08. The summed E-state index contributed by atoms with van der Waals surface area (Å²) < 4.78 is 0. The topological polar surface area (TPSA) is 0 Å². The summed E-state index contributed by atoms with van der Waals surface area (Å²) in [6, 6.07) is 4.35. The van der Waals surface area contributed by atoms with Gasteiger partial charge in [0.2, 0.25) is 0 Å². The van der Waals surface area contributed by atoms with Crippen molar-refractivity contribution in [3.63, 3.8) is 0 Å². The maximum atomic E-state index is 6.13. The van der Waals surface area contributed by atoms with Crippen molar-refractivity contribution in [1.29, 1.82) is 0 Å². The molecular weight excluding hydrogens is 192 g/mol. The zero-order chi connectivity index (χ0) is 10.9. The van der Waals surface area contributed by atoms with E-state index in [4.69, 9.17) is 11.6 Å². The molecule has 0 aliphatic rings. The van der Waals surface area contributed by atoms with Gasteiger partial charge in [0, 0.05) is 5.02 Å². The molecular formula is C13H19Cl. The summed E-state index contributed by atoms with van der Waals surface area (Å²) in [5, 5.41) is 0.887. The van der Waals surface area contributed by atoms with Gasteiger partial charge in [-0.25, -0.2) is 0 Å². The minimum Gasteiger partial charge on any atom is -0.0840 e. The van der Waals surface area contributed by atoms with E-state index in [9.17, 15) is 0 Å². The van der Waals surface area contributed by atoms with Crippen LogP contribution in [0.25, 0.3) is 0 Å². The second-order valence-electron chi connectivity index (χ2n) is 4.54. The Balaban J connectivity index is 3.31. The molecule has 0 aliphatic heterocycles. The Morgan fingerprint density at radius 2 is 1.36 bits per heavy atom. The van der Waals surface area contributed by atoms with Crippen LogP contribution in [0.15, 0.2) is 12.1 Å². The SMILES string of the molecule is Cc1cc(C(C)C)c(C(C)C)cc1Cl. The molecule has 0 radical (unpaired) electrons. The molecule has 1 rings (SSSR count). The number of hydrogen-bond donors (Lipinski definition) is 0. The van der Waals surface area contributed by atoms with Crippen molar-refractivity contribution in [3.05, 3.63) is 33.8 Å². The van der Waals surface area contributed by atoms with Crippen LogP contribution in [0, 0.1) is 6.92 Å². The molecule has 0 fully saturated rings. The van der Waals surface area contributed by atoms with Gasteiger partial charge in [0.15, 0.2) is 0 Å². The third-order valence-electron chi connectivity index (χ3n) is 2.61. The number of hydrogen-bond acceptors (Lipinski definition) is 0. The molecule has 0 bridgehead atoms. The third-order valence-corrected chi connectivity index (χ3v) is 3.02. The van der Waals surface area contributed by atoms with Crippen molar-refractivity contribution in [1.82, 2.24) is 0 Å². The van der Waals surface area contributed by atoms with Gasteiger partial charge in [-0.2, -0.15) is 0 Å². The quantitative estimate of drug-likeness (QED) is 0.652. The summed E-state index contributed by atoms with van der Waals surface area (Å²) >= 11 is 6.13. The Hall–Kier alpha value is -0.490. The molecule has 0 heterocycles. The maximum absolute atomic E-state index is 6.13. The summed E-state index contributed by atoms with van der Waals surface area (Å²) in [7, 11) is 0. The highest BCUT2D eigenvalue weighted by Gasteiger charge is 2.11. The summed E-state index contributed by atoms with van der Waals surface area (Å²) in [6.45, 7) is 11.0. The highest BCUT2D eigenvalue weighted by molar-refractivity contribution is 6.31. The third kappa shape index (κ3) is 2.30. The smallest absolute Gasteiger partial charge is 0.0438 e. The lowest BCUT2D eigenvalue weighted by Crippen LogP contribution is -1.99. The highest BCUT2D eigenvalue weighted by Crippen LogP contribution is 2.30. The van der Waals surface area contributed by atoms with E-state index in [2.05, 4.69) is 46.8 Å². The van der Waals surface area contributed by atoms with E-state index in [0.717, 1.165) is 5.02 Å². The lowest BCUT2D eigenvalue weighted by Gasteiger charge is -2.17. The van der Waals surface area contributed by atoms with E-state index in [0.29, 0.717) is 11.8 Å². The lowest BCUT2D eigenvalue weighted by atomic mass is 9.89. The molecule has 1 aromatic carbocycles. The van der Waals surface area contributed by atoms with E-state index >= 15 is 0 Å². The van der Waals surface area contributed by atoms with Crippen molar-refractivity contribution >= 4 is 11.6 Å². The van der Waals surface area contributed by atoms with E-state index in [-0.39, 0.29) is 0 Å². The van der Waals surface area contributed by atoms with Gasteiger partial charge in [0.25, 0.3) is 0 Å². The van der Waals surface area contributed by atoms with E-state index in [1.807, 2.05) is 0 Å². The van der Waals surface area contributed by atoms with Gasteiger partial charge in [-0.15, -0.1) is 0 Å². The van der Waals surface area contributed by atoms with Crippen LogP contribution in [-0.2, 0) is 0 Å². The molecule has 0 N–H and O–H groups in total. The van der Waals surface area contributed by atoms with Crippen LogP contribution in [0.5, 0.6) is 0 Å². The van der Waals surface area contributed by atoms with Gasteiger partial charge in [-0.3, -0.25) is 0 Å². The van der Waals surface area contributed by atoms with Crippen LogP contribution >= 0.6 is 11.6 Å². The zero-order valence-electron chi connectivity index (χ0n) is 9.69. The molecule has 0 saturated heterocycles. The first-order valence-corrected chi connectivity index (χ1v) is 5.61. The van der Waals surface area contributed by atoms with E-state index in [1.165, 1.54) is 16.7 Å². The molecule has 0 aliphatic carbocycles. The van der Waals surface area contributed by atoms with Crippen LogP contribution in [0.4, 0.5) is 0 Å². The fourth-order valence-corrected chi connectivity index (χ4v) is 1.89. The van der Waals surface area contributed by atoms with Crippen molar-refractivity contribution in [2.75, 3.05) is 0 Å². The first kappa shape index (κ1) is 11.6. The Morgan fingerprint density at radius 1 is 0.929 bits per heavy atom. The Kier molecular flexibility index (Phi) is 3.60. The van der Waals surface area contributed by atoms with Gasteiger partial charge in [0.05, 0.1) is 0 Å². The molecule has 78 valence electrons. The number of rotatable bonds is 2. The van der Waals surface area contributed by atoms with Gasteiger partial charge < -0.3 is 0 Å². The first-order chi connectivity index (χ1) is 6.43. The second kappa shape index (κ2) is 4.35. The Bertz CT molecular complexity index is 291. The van der Waals surface area contributed by atoms with Gasteiger partial charge in [-0.1, -0.05) is 45.4 Å². The van der Waals surface area contributed by atoms with Crippen LogP contribution in [0.2, 0.25) is 5.02 Å². The summed E-state index contributed by atoms with van der Waals surface area (Å²) in [4.78, 5) is 0. The fourth-order valence-electron chi connectivity index (χ4n) is 1.72. The minimum absolute atomic E-state index is 0.547. The Morgan fingerprint density at radius 3 is 1.79 bits per heavy atom. The van der Waals surface area contributed by atoms with Crippen molar-refractivity contribution in [3.8, 4) is 0 Å². The molecule has 1 heteroatoms. The first-order valence-electron chi connectivity index (χ1n) is 5.23.